The first-order valence-electron chi connectivity index (χ1n) is 4.62. The van der Waals surface area contributed by atoms with Crippen LogP contribution in [0.4, 0.5) is 0 Å². The van der Waals surface area contributed by atoms with Crippen molar-refractivity contribution in [1.82, 2.24) is 9.97 Å². The van der Waals surface area contributed by atoms with Crippen LogP contribution in [0.3, 0.4) is 0 Å². The molecular weight excluding hydrogens is 279 g/mol. The quantitative estimate of drug-likeness (QED) is 0.755. The Bertz CT molecular complexity index is 441. The molecule has 0 aliphatic rings. The summed E-state index contributed by atoms with van der Waals surface area (Å²) in [5.41, 5.74) is 4.37. The molecule has 0 aromatic carbocycles. The van der Waals surface area contributed by atoms with Gasteiger partial charge in [0.2, 0.25) is 0 Å². The second kappa shape index (κ2) is 5.16. The first-order chi connectivity index (χ1) is 6.79. The molecule has 2 rings (SSSR count). The summed E-state index contributed by atoms with van der Waals surface area (Å²) in [5, 5.41) is 0. The summed E-state index contributed by atoms with van der Waals surface area (Å²) in [7, 11) is 0. The molecule has 0 N–H and O–H groups in total. The van der Waals surface area contributed by atoms with Crippen LogP contribution >= 0.6 is 0 Å². The van der Waals surface area contributed by atoms with Crippen molar-refractivity contribution in [3.05, 3.63) is 47.8 Å². The van der Waals surface area contributed by atoms with E-state index in [9.17, 15) is 0 Å². The second-order valence-corrected chi connectivity index (χ2v) is 3.32. The second-order valence-electron chi connectivity index (χ2n) is 3.32. The van der Waals surface area contributed by atoms with E-state index in [4.69, 9.17) is 0 Å². The minimum Gasteiger partial charge on any atom is -0.255 e. The number of rotatable bonds is 1. The van der Waals surface area contributed by atoms with Crippen molar-refractivity contribution in [3.8, 4) is 11.4 Å². The van der Waals surface area contributed by atoms with Gasteiger partial charge in [0, 0.05) is 32.8 Å². The third kappa shape index (κ3) is 2.50. The third-order valence-corrected chi connectivity index (χ3v) is 2.38. The normalized spacial score (nSPS) is 9.47. The van der Waals surface area contributed by atoms with E-state index in [-0.39, 0.29) is 20.4 Å². The number of aromatic nitrogens is 2. The molecule has 80 valence electrons. The van der Waals surface area contributed by atoms with E-state index in [1.807, 2.05) is 30.5 Å². The van der Waals surface area contributed by atoms with E-state index in [0.29, 0.717) is 0 Å². The number of hydrogen-bond acceptors (Lipinski definition) is 2. The Balaban J connectivity index is 0.00000112. The molecular formula is C12H12N2Pd. The average molecular weight is 291 g/mol. The molecule has 0 bridgehead atoms. The van der Waals surface area contributed by atoms with E-state index in [1.54, 1.807) is 6.20 Å². The van der Waals surface area contributed by atoms with Crippen LogP contribution in [-0.2, 0) is 20.4 Å². The Morgan fingerprint density at radius 2 is 1.73 bits per heavy atom. The SMILES string of the molecule is Cc1ccnc(-c2ccccn2)c1C.[Pd]. The van der Waals surface area contributed by atoms with Crippen LogP contribution in [0.1, 0.15) is 11.1 Å². The van der Waals surface area contributed by atoms with Gasteiger partial charge in [-0.2, -0.15) is 0 Å². The van der Waals surface area contributed by atoms with Gasteiger partial charge < -0.3 is 0 Å². The van der Waals surface area contributed by atoms with E-state index < -0.39 is 0 Å². The summed E-state index contributed by atoms with van der Waals surface area (Å²) in [6.45, 7) is 4.16. The van der Waals surface area contributed by atoms with Gasteiger partial charge in [-0.05, 0) is 43.2 Å². The first-order valence-corrected chi connectivity index (χ1v) is 4.62. The summed E-state index contributed by atoms with van der Waals surface area (Å²) < 4.78 is 0. The van der Waals surface area contributed by atoms with Crippen LogP contribution < -0.4 is 0 Å². The zero-order valence-corrected chi connectivity index (χ0v) is 10.2. The molecule has 15 heavy (non-hydrogen) atoms. The van der Waals surface area contributed by atoms with Gasteiger partial charge in [-0.15, -0.1) is 0 Å². The Morgan fingerprint density at radius 1 is 0.933 bits per heavy atom. The first kappa shape index (κ1) is 12.0. The monoisotopic (exact) mass is 290 g/mol. The topological polar surface area (TPSA) is 25.8 Å². The van der Waals surface area contributed by atoms with Gasteiger partial charge >= 0.3 is 0 Å². The minimum absolute atomic E-state index is 0. The van der Waals surface area contributed by atoms with Crippen LogP contribution in [0.5, 0.6) is 0 Å². The standard InChI is InChI=1S/C12H12N2.Pd/c1-9-6-8-14-12(10(9)2)11-5-3-4-7-13-11;/h3-8H,1-2H3;. The molecule has 0 saturated carbocycles. The molecule has 3 heteroatoms. The van der Waals surface area contributed by atoms with Gasteiger partial charge in [0.15, 0.2) is 0 Å². The predicted molar refractivity (Wildman–Crippen MR) is 56.9 cm³/mol. The maximum absolute atomic E-state index is 4.35. The molecule has 2 heterocycles. The molecule has 2 aromatic heterocycles. The van der Waals surface area contributed by atoms with Gasteiger partial charge in [-0.3, -0.25) is 9.97 Å². The van der Waals surface area contributed by atoms with Crippen molar-refractivity contribution >= 4 is 0 Å². The molecule has 0 amide bonds. The van der Waals surface area contributed by atoms with Crippen LogP contribution in [-0.4, -0.2) is 9.97 Å². The van der Waals surface area contributed by atoms with E-state index in [2.05, 4.69) is 23.8 Å². The molecule has 2 aromatic rings. The summed E-state index contributed by atoms with van der Waals surface area (Å²) in [6, 6.07) is 7.89. The van der Waals surface area contributed by atoms with Crippen molar-refractivity contribution in [1.29, 1.82) is 0 Å². The summed E-state index contributed by atoms with van der Waals surface area (Å²) in [5.74, 6) is 0. The van der Waals surface area contributed by atoms with Gasteiger partial charge in [-0.25, -0.2) is 0 Å². The van der Waals surface area contributed by atoms with E-state index in [1.165, 1.54) is 11.1 Å². The summed E-state index contributed by atoms with van der Waals surface area (Å²) in [4.78, 5) is 8.64. The molecule has 0 atom stereocenters. The fraction of sp³-hybridized carbons (Fsp3) is 0.167. The number of aryl methyl sites for hydroxylation is 1. The maximum atomic E-state index is 4.35. The van der Waals surface area contributed by atoms with Gasteiger partial charge in [0.05, 0.1) is 11.4 Å². The zero-order chi connectivity index (χ0) is 9.97. The Kier molecular flexibility index (Phi) is 4.14. The van der Waals surface area contributed by atoms with Crippen LogP contribution in [0.2, 0.25) is 0 Å². The van der Waals surface area contributed by atoms with Crippen LogP contribution in [0.25, 0.3) is 11.4 Å². The van der Waals surface area contributed by atoms with Crippen LogP contribution in [0.15, 0.2) is 36.7 Å². The van der Waals surface area contributed by atoms with Crippen molar-refractivity contribution < 1.29 is 20.4 Å². The van der Waals surface area contributed by atoms with Gasteiger partial charge in [0.1, 0.15) is 0 Å². The average Bonchev–Trinajstić information content (AvgIpc) is 2.23. The van der Waals surface area contributed by atoms with E-state index in [0.717, 1.165) is 11.4 Å². The molecule has 2 nitrogen and oxygen atoms in total. The Hall–Kier alpha value is -1.04. The third-order valence-electron chi connectivity index (χ3n) is 2.38. The van der Waals surface area contributed by atoms with Gasteiger partial charge in [0.25, 0.3) is 0 Å². The zero-order valence-electron chi connectivity index (χ0n) is 8.67. The van der Waals surface area contributed by atoms with Crippen molar-refractivity contribution in [2.24, 2.45) is 0 Å². The summed E-state index contributed by atoms with van der Waals surface area (Å²) in [6.07, 6.45) is 3.62. The molecule has 0 unspecified atom stereocenters. The summed E-state index contributed by atoms with van der Waals surface area (Å²) >= 11 is 0. The van der Waals surface area contributed by atoms with E-state index >= 15 is 0 Å². The smallest absolute Gasteiger partial charge is 0.0917 e. The molecule has 0 aliphatic heterocycles. The predicted octanol–water partition coefficient (Wildman–Crippen LogP) is 2.76. The Labute approximate surface area is 103 Å². The van der Waals surface area contributed by atoms with Crippen molar-refractivity contribution in [3.63, 3.8) is 0 Å². The molecule has 0 radical (unpaired) electrons. The van der Waals surface area contributed by atoms with Crippen molar-refractivity contribution in [2.75, 3.05) is 0 Å². The fourth-order valence-corrected chi connectivity index (χ4v) is 1.39. The number of nitrogens with zero attached hydrogens (tertiary/aromatic N) is 2. The molecule has 0 saturated heterocycles. The molecule has 0 fully saturated rings. The number of pyridine rings is 2. The number of hydrogen-bond donors (Lipinski definition) is 0. The Morgan fingerprint density at radius 3 is 2.40 bits per heavy atom. The fourth-order valence-electron chi connectivity index (χ4n) is 1.39. The minimum atomic E-state index is 0. The molecule has 0 spiro atoms. The maximum Gasteiger partial charge on any atom is 0.0917 e. The molecule has 0 aliphatic carbocycles. The van der Waals surface area contributed by atoms with Crippen molar-refractivity contribution in [2.45, 2.75) is 13.8 Å². The van der Waals surface area contributed by atoms with Gasteiger partial charge in [-0.1, -0.05) is 6.07 Å². The largest absolute Gasteiger partial charge is 0.255 e. The van der Waals surface area contributed by atoms with Crippen LogP contribution in [0, 0.1) is 13.8 Å².